The number of nitrogens with two attached hydrogens (primary N) is 1. The molecule has 13 heavy (non-hydrogen) atoms. The van der Waals surface area contributed by atoms with E-state index in [1.165, 1.54) is 0 Å². The molecule has 3 nitrogen and oxygen atoms in total. The fraction of sp³-hybridized carbons (Fsp3) is 0.800. The van der Waals surface area contributed by atoms with Crippen LogP contribution in [0.3, 0.4) is 0 Å². The normalized spacial score (nSPS) is 28.4. The molecule has 1 fully saturated rings. The van der Waals surface area contributed by atoms with E-state index in [1.807, 2.05) is 0 Å². The Morgan fingerprint density at radius 2 is 1.92 bits per heavy atom. The quantitative estimate of drug-likeness (QED) is 0.716. The smallest absolute Gasteiger partial charge is 0.217 e. The average molecular weight is 183 g/mol. The minimum atomic E-state index is -0.279. The van der Waals surface area contributed by atoms with Crippen LogP contribution in [0.15, 0.2) is 0 Å². The van der Waals surface area contributed by atoms with Crippen LogP contribution in [0.5, 0.6) is 0 Å². The summed E-state index contributed by atoms with van der Waals surface area (Å²) in [6, 6.07) is 0. The van der Waals surface area contributed by atoms with Gasteiger partial charge in [-0.05, 0) is 25.7 Å². The Balaban J connectivity index is 2.56. The largest absolute Gasteiger partial charge is 0.370 e. The molecule has 0 unspecified atom stereocenters. The highest BCUT2D eigenvalue weighted by Gasteiger charge is 2.29. The molecule has 0 aromatic heterocycles. The topological polar surface area (TPSA) is 60.2 Å². The molecule has 74 valence electrons. The molecule has 0 bridgehead atoms. The summed E-state index contributed by atoms with van der Waals surface area (Å²) in [5.41, 5.74) is 5.14. The van der Waals surface area contributed by atoms with Gasteiger partial charge in [0, 0.05) is 12.3 Å². The van der Waals surface area contributed by atoms with Crippen LogP contribution in [0.2, 0.25) is 0 Å². The molecular weight excluding hydrogens is 166 g/mol. The summed E-state index contributed by atoms with van der Waals surface area (Å²) < 4.78 is 0. The summed E-state index contributed by atoms with van der Waals surface area (Å²) in [7, 11) is 0. The third kappa shape index (κ3) is 2.83. The molecule has 0 heterocycles. The Hall–Kier alpha value is -0.860. The Morgan fingerprint density at radius 3 is 2.46 bits per heavy atom. The molecule has 1 aliphatic rings. The molecule has 1 aliphatic carbocycles. The Morgan fingerprint density at radius 1 is 1.31 bits per heavy atom. The van der Waals surface area contributed by atoms with E-state index in [1.54, 1.807) is 6.92 Å². The lowest BCUT2D eigenvalue weighted by atomic mass is 9.75. The second-order valence-electron chi connectivity index (χ2n) is 3.93. The molecule has 0 radical (unpaired) electrons. The lowest BCUT2D eigenvalue weighted by molar-refractivity contribution is -0.125. The van der Waals surface area contributed by atoms with Crippen LogP contribution in [0.25, 0.3) is 0 Å². The maximum atomic E-state index is 11.2. The van der Waals surface area contributed by atoms with E-state index < -0.39 is 0 Å². The molecule has 3 heteroatoms. The van der Waals surface area contributed by atoms with Gasteiger partial charge < -0.3 is 5.73 Å². The third-order valence-corrected chi connectivity index (χ3v) is 2.89. The fourth-order valence-corrected chi connectivity index (χ4v) is 2.25. The number of hydrogen-bond acceptors (Lipinski definition) is 2. The van der Waals surface area contributed by atoms with Gasteiger partial charge in [-0.25, -0.2) is 0 Å². The lowest BCUT2D eigenvalue weighted by Crippen LogP contribution is -2.29. The number of rotatable bonds is 3. The van der Waals surface area contributed by atoms with Gasteiger partial charge in [-0.3, -0.25) is 9.59 Å². The third-order valence-electron chi connectivity index (χ3n) is 2.89. The van der Waals surface area contributed by atoms with Gasteiger partial charge in [0.15, 0.2) is 0 Å². The summed E-state index contributed by atoms with van der Waals surface area (Å²) in [5, 5.41) is 0. The Bertz CT molecular complexity index is 213. The molecule has 0 aromatic carbocycles. The van der Waals surface area contributed by atoms with Crippen LogP contribution in [0, 0.1) is 11.8 Å². The van der Waals surface area contributed by atoms with Crippen LogP contribution >= 0.6 is 0 Å². The van der Waals surface area contributed by atoms with Crippen molar-refractivity contribution in [3.63, 3.8) is 0 Å². The van der Waals surface area contributed by atoms with Gasteiger partial charge in [0.2, 0.25) is 5.91 Å². The number of carbonyl (C=O) groups is 2. The van der Waals surface area contributed by atoms with E-state index in [2.05, 4.69) is 0 Å². The molecule has 0 saturated heterocycles. The van der Waals surface area contributed by atoms with Crippen molar-refractivity contribution in [2.24, 2.45) is 17.6 Å². The van der Waals surface area contributed by atoms with Crippen molar-refractivity contribution in [3.05, 3.63) is 0 Å². The van der Waals surface area contributed by atoms with E-state index in [4.69, 9.17) is 5.73 Å². The zero-order valence-electron chi connectivity index (χ0n) is 8.08. The number of hydrogen-bond donors (Lipinski definition) is 1. The molecule has 1 amide bonds. The zero-order valence-corrected chi connectivity index (χ0v) is 8.08. The van der Waals surface area contributed by atoms with Crippen molar-refractivity contribution < 1.29 is 9.59 Å². The second kappa shape index (κ2) is 4.40. The van der Waals surface area contributed by atoms with Crippen LogP contribution in [0.1, 0.15) is 39.0 Å². The molecule has 0 spiro atoms. The molecule has 0 aromatic rings. The minimum absolute atomic E-state index is 0.0845. The summed E-state index contributed by atoms with van der Waals surface area (Å²) in [6.45, 7) is 1.62. The zero-order chi connectivity index (χ0) is 9.84. The van der Waals surface area contributed by atoms with Gasteiger partial charge in [0.1, 0.15) is 5.78 Å². The summed E-state index contributed by atoms with van der Waals surface area (Å²) in [4.78, 5) is 22.0. The van der Waals surface area contributed by atoms with Crippen LogP contribution in [-0.2, 0) is 9.59 Å². The van der Waals surface area contributed by atoms with E-state index in [-0.39, 0.29) is 23.5 Å². The van der Waals surface area contributed by atoms with Gasteiger partial charge in [-0.2, -0.15) is 0 Å². The summed E-state index contributed by atoms with van der Waals surface area (Å²) >= 11 is 0. The van der Waals surface area contributed by atoms with Crippen molar-refractivity contribution in [1.29, 1.82) is 0 Å². The van der Waals surface area contributed by atoms with Gasteiger partial charge in [-0.1, -0.05) is 12.8 Å². The molecule has 0 aliphatic heterocycles. The maximum absolute atomic E-state index is 11.2. The van der Waals surface area contributed by atoms with Gasteiger partial charge in [0.05, 0.1) is 0 Å². The highest BCUT2D eigenvalue weighted by atomic mass is 16.1. The SMILES string of the molecule is CC(=O)[C@H]1CCCC[C@@H]1CC(N)=O. The first-order valence-electron chi connectivity index (χ1n) is 4.90. The Kier molecular flexibility index (Phi) is 3.46. The van der Waals surface area contributed by atoms with Crippen LogP contribution in [0.4, 0.5) is 0 Å². The molecular formula is C10H17NO2. The fourth-order valence-electron chi connectivity index (χ4n) is 2.25. The Labute approximate surface area is 78.7 Å². The van der Waals surface area contributed by atoms with Gasteiger partial charge in [-0.15, -0.1) is 0 Å². The van der Waals surface area contributed by atoms with Crippen molar-refractivity contribution in [2.45, 2.75) is 39.0 Å². The lowest BCUT2D eigenvalue weighted by Gasteiger charge is -2.28. The maximum Gasteiger partial charge on any atom is 0.217 e. The standard InChI is InChI=1S/C10H17NO2/c1-7(12)9-5-3-2-4-8(9)6-10(11)13/h8-9H,2-6H2,1H3,(H2,11,13)/t8-,9-/m1/s1. The van der Waals surface area contributed by atoms with E-state index in [9.17, 15) is 9.59 Å². The number of primary amides is 1. The van der Waals surface area contributed by atoms with E-state index in [0.717, 1.165) is 25.7 Å². The van der Waals surface area contributed by atoms with Crippen molar-refractivity contribution in [1.82, 2.24) is 0 Å². The first-order chi connectivity index (χ1) is 6.11. The number of amides is 1. The summed E-state index contributed by atoms with van der Waals surface area (Å²) in [5.74, 6) is 0.231. The molecule has 1 rings (SSSR count). The monoisotopic (exact) mass is 183 g/mol. The number of Topliss-reactive ketones (excluding diaryl/α,β-unsaturated/α-hetero) is 1. The molecule has 2 atom stereocenters. The first-order valence-corrected chi connectivity index (χ1v) is 4.90. The van der Waals surface area contributed by atoms with E-state index in [0.29, 0.717) is 6.42 Å². The minimum Gasteiger partial charge on any atom is -0.370 e. The van der Waals surface area contributed by atoms with Crippen LogP contribution < -0.4 is 5.73 Å². The molecule has 1 saturated carbocycles. The average Bonchev–Trinajstić information content (AvgIpc) is 2.03. The second-order valence-corrected chi connectivity index (χ2v) is 3.93. The van der Waals surface area contributed by atoms with Gasteiger partial charge >= 0.3 is 0 Å². The van der Waals surface area contributed by atoms with Crippen LogP contribution in [-0.4, -0.2) is 11.7 Å². The van der Waals surface area contributed by atoms with Crippen molar-refractivity contribution >= 4 is 11.7 Å². The highest BCUT2D eigenvalue weighted by molar-refractivity contribution is 5.80. The number of ketones is 1. The summed E-state index contributed by atoms with van der Waals surface area (Å²) in [6.07, 6.45) is 4.53. The predicted octanol–water partition coefficient (Wildman–Crippen LogP) is 1.26. The van der Waals surface area contributed by atoms with E-state index >= 15 is 0 Å². The highest BCUT2D eigenvalue weighted by Crippen LogP contribution is 2.32. The van der Waals surface area contributed by atoms with Crippen molar-refractivity contribution in [2.75, 3.05) is 0 Å². The first kappa shape index (κ1) is 10.2. The van der Waals surface area contributed by atoms with Gasteiger partial charge in [0.25, 0.3) is 0 Å². The predicted molar refractivity (Wildman–Crippen MR) is 49.9 cm³/mol. The number of carbonyl (C=O) groups excluding carboxylic acids is 2. The molecule has 2 N–H and O–H groups in total. The van der Waals surface area contributed by atoms with Crippen molar-refractivity contribution in [3.8, 4) is 0 Å².